The van der Waals surface area contributed by atoms with Gasteiger partial charge in [0.15, 0.2) is 0 Å². The van der Waals surface area contributed by atoms with E-state index in [1.54, 1.807) is 0 Å². The summed E-state index contributed by atoms with van der Waals surface area (Å²) < 4.78 is 0. The molecule has 1 amide bonds. The van der Waals surface area contributed by atoms with E-state index >= 15 is 0 Å². The van der Waals surface area contributed by atoms with Gasteiger partial charge in [0.05, 0.1) is 0 Å². The number of rotatable bonds is 6. The molecule has 3 aromatic rings. The van der Waals surface area contributed by atoms with Crippen molar-refractivity contribution in [2.24, 2.45) is 5.92 Å². The summed E-state index contributed by atoms with van der Waals surface area (Å²) in [4.78, 5) is 27.2. The van der Waals surface area contributed by atoms with E-state index in [0.717, 1.165) is 16.5 Å². The summed E-state index contributed by atoms with van der Waals surface area (Å²) in [6, 6.07) is 19.6. The van der Waals surface area contributed by atoms with E-state index in [0.29, 0.717) is 24.9 Å². The first-order chi connectivity index (χ1) is 12.1. The van der Waals surface area contributed by atoms with Crippen molar-refractivity contribution in [1.82, 2.24) is 10.3 Å². The first-order valence-electron chi connectivity index (χ1n) is 8.56. The number of H-pyrrole nitrogens is 1. The maximum absolute atomic E-state index is 12.2. The predicted octanol–water partition coefficient (Wildman–Crippen LogP) is 3.07. The highest BCUT2D eigenvalue weighted by atomic mass is 16.1. The quantitative estimate of drug-likeness (QED) is 0.728. The summed E-state index contributed by atoms with van der Waals surface area (Å²) in [5.41, 5.74) is 2.58. The number of carbonyl (C=O) groups is 1. The minimum atomic E-state index is -0.0997. The van der Waals surface area contributed by atoms with E-state index in [1.165, 1.54) is 0 Å². The average Bonchev–Trinajstić information content (AvgIpc) is 2.62. The van der Waals surface area contributed by atoms with Gasteiger partial charge in [-0.1, -0.05) is 55.5 Å². The van der Waals surface area contributed by atoms with Crippen LogP contribution in [0, 0.1) is 5.92 Å². The molecule has 2 N–H and O–H groups in total. The third-order valence-corrected chi connectivity index (χ3v) is 4.36. The molecule has 1 unspecified atom stereocenters. The number of hydrogen-bond donors (Lipinski definition) is 2. The number of benzene rings is 2. The normalized spacial score (nSPS) is 12.0. The van der Waals surface area contributed by atoms with Crippen molar-refractivity contribution in [2.75, 3.05) is 6.54 Å². The zero-order chi connectivity index (χ0) is 17.6. The molecule has 1 heterocycles. The van der Waals surface area contributed by atoms with Gasteiger partial charge < -0.3 is 10.3 Å². The van der Waals surface area contributed by atoms with Crippen molar-refractivity contribution in [3.63, 3.8) is 0 Å². The Bertz CT molecular complexity index is 916. The Morgan fingerprint density at radius 1 is 1.08 bits per heavy atom. The molecule has 128 valence electrons. The summed E-state index contributed by atoms with van der Waals surface area (Å²) in [5.74, 6) is -0.0849. The molecule has 0 aliphatic carbocycles. The molecule has 0 fully saturated rings. The second-order valence-electron chi connectivity index (χ2n) is 6.34. The van der Waals surface area contributed by atoms with Gasteiger partial charge in [0.2, 0.25) is 5.91 Å². The highest BCUT2D eigenvalue weighted by Gasteiger charge is 2.13. The van der Waals surface area contributed by atoms with Gasteiger partial charge in [-0.25, -0.2) is 0 Å². The molecule has 1 atom stereocenters. The minimum Gasteiger partial charge on any atom is -0.356 e. The van der Waals surface area contributed by atoms with Crippen LogP contribution in [0.15, 0.2) is 65.5 Å². The smallest absolute Gasteiger partial charge is 0.251 e. The fraction of sp³-hybridized carbons (Fsp3) is 0.238. The Hall–Kier alpha value is -2.88. The number of aromatic amines is 1. The summed E-state index contributed by atoms with van der Waals surface area (Å²) in [5, 5.41) is 3.94. The predicted molar refractivity (Wildman–Crippen MR) is 101 cm³/mol. The van der Waals surface area contributed by atoms with E-state index < -0.39 is 0 Å². The number of aromatic nitrogens is 1. The molecular weight excluding hydrogens is 312 g/mol. The van der Waals surface area contributed by atoms with E-state index in [9.17, 15) is 9.59 Å². The Morgan fingerprint density at radius 3 is 2.60 bits per heavy atom. The van der Waals surface area contributed by atoms with Crippen LogP contribution in [0.25, 0.3) is 10.9 Å². The fourth-order valence-corrected chi connectivity index (χ4v) is 2.93. The molecule has 4 nitrogen and oxygen atoms in total. The van der Waals surface area contributed by atoms with Gasteiger partial charge in [0.1, 0.15) is 0 Å². The summed E-state index contributed by atoms with van der Waals surface area (Å²) in [6.07, 6.45) is 1.23. The van der Waals surface area contributed by atoms with Gasteiger partial charge in [-0.3, -0.25) is 9.59 Å². The van der Waals surface area contributed by atoms with Crippen LogP contribution in [0.3, 0.4) is 0 Å². The van der Waals surface area contributed by atoms with Crippen LogP contribution in [0.1, 0.15) is 18.1 Å². The van der Waals surface area contributed by atoms with Crippen molar-refractivity contribution >= 4 is 16.8 Å². The van der Waals surface area contributed by atoms with Crippen LogP contribution < -0.4 is 10.9 Å². The van der Waals surface area contributed by atoms with Gasteiger partial charge in [-0.15, -0.1) is 0 Å². The largest absolute Gasteiger partial charge is 0.356 e. The van der Waals surface area contributed by atoms with Gasteiger partial charge >= 0.3 is 0 Å². The first kappa shape index (κ1) is 17.0. The summed E-state index contributed by atoms with van der Waals surface area (Å²) >= 11 is 0. The third kappa shape index (κ3) is 4.35. The lowest BCUT2D eigenvalue weighted by molar-refractivity contribution is -0.124. The second kappa shape index (κ2) is 7.79. The maximum Gasteiger partial charge on any atom is 0.251 e. The van der Waals surface area contributed by atoms with Crippen LogP contribution in [-0.4, -0.2) is 17.4 Å². The lowest BCUT2D eigenvalue weighted by Gasteiger charge is -2.12. The Morgan fingerprint density at radius 2 is 1.80 bits per heavy atom. The zero-order valence-corrected chi connectivity index (χ0v) is 14.3. The van der Waals surface area contributed by atoms with Crippen LogP contribution in [0.2, 0.25) is 0 Å². The highest BCUT2D eigenvalue weighted by Crippen LogP contribution is 2.11. The standard InChI is InChI=1S/C21H22N2O2/c1-15(13-16-7-3-2-4-8-16)20(24)22-12-11-18-14-17-9-5-6-10-19(17)23-21(18)25/h2-10,14-15H,11-13H2,1H3,(H,22,24)(H,23,25). The molecule has 0 spiro atoms. The molecule has 0 aliphatic rings. The topological polar surface area (TPSA) is 62.0 Å². The highest BCUT2D eigenvalue weighted by molar-refractivity contribution is 5.79. The third-order valence-electron chi connectivity index (χ3n) is 4.36. The minimum absolute atomic E-state index is 0.0149. The maximum atomic E-state index is 12.2. The number of nitrogens with one attached hydrogen (secondary N) is 2. The average molecular weight is 334 g/mol. The first-order valence-corrected chi connectivity index (χ1v) is 8.56. The van der Waals surface area contributed by atoms with E-state index in [4.69, 9.17) is 0 Å². The molecule has 1 aromatic heterocycles. The molecule has 0 saturated heterocycles. The molecule has 4 heteroatoms. The Kier molecular flexibility index (Phi) is 5.29. The number of fused-ring (bicyclic) bond motifs is 1. The van der Waals surface area contributed by atoms with E-state index in [2.05, 4.69) is 10.3 Å². The number of para-hydroxylation sites is 1. The Labute approximate surface area is 146 Å². The summed E-state index contributed by atoms with van der Waals surface area (Å²) in [6.45, 7) is 2.38. The van der Waals surface area contributed by atoms with Gasteiger partial charge in [-0.2, -0.15) is 0 Å². The summed E-state index contributed by atoms with van der Waals surface area (Å²) in [7, 11) is 0. The number of amides is 1. The van der Waals surface area contributed by atoms with Crippen molar-refractivity contribution in [3.8, 4) is 0 Å². The SMILES string of the molecule is CC(Cc1ccccc1)C(=O)NCCc1cc2ccccc2[nH]c1=O. The van der Waals surface area contributed by atoms with E-state index in [-0.39, 0.29) is 17.4 Å². The Balaban J connectivity index is 1.56. The van der Waals surface area contributed by atoms with Crippen LogP contribution >= 0.6 is 0 Å². The lowest BCUT2D eigenvalue weighted by atomic mass is 10.0. The molecule has 3 rings (SSSR count). The fourth-order valence-electron chi connectivity index (χ4n) is 2.93. The number of hydrogen-bond acceptors (Lipinski definition) is 2. The van der Waals surface area contributed by atoms with Crippen LogP contribution in [0.4, 0.5) is 0 Å². The number of carbonyl (C=O) groups excluding carboxylic acids is 1. The van der Waals surface area contributed by atoms with Crippen molar-refractivity contribution in [3.05, 3.63) is 82.1 Å². The molecular formula is C21H22N2O2. The molecule has 0 aliphatic heterocycles. The lowest BCUT2D eigenvalue weighted by Crippen LogP contribution is -2.32. The van der Waals surface area contributed by atoms with Crippen LogP contribution in [-0.2, 0) is 17.6 Å². The van der Waals surface area contributed by atoms with Gasteiger partial charge in [0.25, 0.3) is 5.56 Å². The monoisotopic (exact) mass is 334 g/mol. The van der Waals surface area contributed by atoms with Crippen molar-refractivity contribution < 1.29 is 4.79 Å². The van der Waals surface area contributed by atoms with Gasteiger partial charge in [0, 0.05) is 23.5 Å². The molecule has 2 aromatic carbocycles. The molecule has 25 heavy (non-hydrogen) atoms. The van der Waals surface area contributed by atoms with Crippen molar-refractivity contribution in [2.45, 2.75) is 19.8 Å². The zero-order valence-electron chi connectivity index (χ0n) is 14.3. The molecule has 0 radical (unpaired) electrons. The second-order valence-corrected chi connectivity index (χ2v) is 6.34. The van der Waals surface area contributed by atoms with Crippen LogP contribution in [0.5, 0.6) is 0 Å². The molecule has 0 saturated carbocycles. The number of pyridine rings is 1. The van der Waals surface area contributed by atoms with E-state index in [1.807, 2.05) is 67.6 Å². The van der Waals surface area contributed by atoms with Gasteiger partial charge in [-0.05, 0) is 35.9 Å². The molecule has 0 bridgehead atoms. The van der Waals surface area contributed by atoms with Crippen molar-refractivity contribution in [1.29, 1.82) is 0 Å².